The lowest BCUT2D eigenvalue weighted by molar-refractivity contribution is 0.397. The highest BCUT2D eigenvalue weighted by Gasteiger charge is 2.11. The summed E-state index contributed by atoms with van der Waals surface area (Å²) >= 11 is 0. The molecule has 0 saturated carbocycles. The molecule has 0 radical (unpaired) electrons. The minimum Gasteiger partial charge on any atom is -0.481 e. The van der Waals surface area contributed by atoms with E-state index in [2.05, 4.69) is 25.3 Å². The third-order valence-corrected chi connectivity index (χ3v) is 2.81. The van der Waals surface area contributed by atoms with Gasteiger partial charge in [-0.1, -0.05) is 0 Å². The number of hydrogen-bond donors (Lipinski definition) is 1. The Morgan fingerprint density at radius 2 is 2.00 bits per heavy atom. The zero-order valence-corrected chi connectivity index (χ0v) is 11.6. The Balaban J connectivity index is 2.49. The predicted octanol–water partition coefficient (Wildman–Crippen LogP) is 1.99. The molecule has 0 unspecified atom stereocenters. The summed E-state index contributed by atoms with van der Waals surface area (Å²) in [6.45, 7) is 6.80. The van der Waals surface area contributed by atoms with Gasteiger partial charge in [0.1, 0.15) is 17.8 Å². The number of hydrogen-bond acceptors (Lipinski definition) is 6. The predicted molar refractivity (Wildman–Crippen MR) is 73.2 cm³/mol. The van der Waals surface area contributed by atoms with Crippen LogP contribution in [0.2, 0.25) is 0 Å². The Bertz CT molecular complexity index is 585. The number of aromatic nitrogens is 4. The van der Waals surface area contributed by atoms with Crippen LogP contribution in [0.4, 0.5) is 5.82 Å². The number of aryl methyl sites for hydroxylation is 1. The second-order valence-electron chi connectivity index (χ2n) is 4.08. The fraction of sp³-hybridized carbons (Fsp3) is 0.385. The van der Waals surface area contributed by atoms with Gasteiger partial charge in [0, 0.05) is 23.9 Å². The lowest BCUT2D eigenvalue weighted by atomic mass is 10.2. The second kappa shape index (κ2) is 5.60. The summed E-state index contributed by atoms with van der Waals surface area (Å²) in [5, 5.41) is 3.23. The van der Waals surface area contributed by atoms with Crippen LogP contribution in [0.15, 0.2) is 12.4 Å². The van der Waals surface area contributed by atoms with Gasteiger partial charge in [-0.3, -0.25) is 0 Å². The normalized spacial score (nSPS) is 10.3. The highest BCUT2D eigenvalue weighted by molar-refractivity contribution is 5.56. The van der Waals surface area contributed by atoms with E-state index in [-0.39, 0.29) is 0 Å². The monoisotopic (exact) mass is 259 g/mol. The molecule has 2 aromatic rings. The molecule has 0 fully saturated rings. The summed E-state index contributed by atoms with van der Waals surface area (Å²) in [6.07, 6.45) is 1.44. The zero-order chi connectivity index (χ0) is 13.8. The Morgan fingerprint density at radius 3 is 2.68 bits per heavy atom. The molecular formula is C13H17N5O. The molecule has 2 heterocycles. The lowest BCUT2D eigenvalue weighted by Gasteiger charge is -2.10. The molecule has 19 heavy (non-hydrogen) atoms. The third-order valence-electron chi connectivity index (χ3n) is 2.81. The van der Waals surface area contributed by atoms with Crippen molar-refractivity contribution in [2.45, 2.75) is 20.8 Å². The van der Waals surface area contributed by atoms with Crippen molar-refractivity contribution in [3.05, 3.63) is 23.7 Å². The second-order valence-corrected chi connectivity index (χ2v) is 4.08. The molecule has 0 aliphatic heterocycles. The lowest BCUT2D eigenvalue weighted by Crippen LogP contribution is -2.06. The van der Waals surface area contributed by atoms with E-state index in [1.165, 1.54) is 6.33 Å². The summed E-state index contributed by atoms with van der Waals surface area (Å²) in [5.74, 6) is 1.90. The van der Waals surface area contributed by atoms with Crippen molar-refractivity contribution in [2.24, 2.45) is 0 Å². The molecule has 100 valence electrons. The number of nitrogens with one attached hydrogen (secondary N) is 1. The van der Waals surface area contributed by atoms with Gasteiger partial charge in [-0.2, -0.15) is 0 Å². The van der Waals surface area contributed by atoms with E-state index in [0.29, 0.717) is 17.4 Å². The minimum absolute atomic E-state index is 0.497. The van der Waals surface area contributed by atoms with Crippen LogP contribution >= 0.6 is 0 Å². The van der Waals surface area contributed by atoms with Crippen LogP contribution in [-0.4, -0.2) is 33.6 Å². The Labute approximate surface area is 112 Å². The van der Waals surface area contributed by atoms with Crippen molar-refractivity contribution in [2.75, 3.05) is 19.0 Å². The Kier molecular flexibility index (Phi) is 3.89. The van der Waals surface area contributed by atoms with Crippen LogP contribution in [0.25, 0.3) is 11.5 Å². The number of ether oxygens (including phenoxy) is 1. The Morgan fingerprint density at radius 1 is 1.21 bits per heavy atom. The number of nitrogens with zero attached hydrogens (tertiary/aromatic N) is 4. The summed E-state index contributed by atoms with van der Waals surface area (Å²) in [5.41, 5.74) is 2.62. The van der Waals surface area contributed by atoms with E-state index in [0.717, 1.165) is 23.6 Å². The van der Waals surface area contributed by atoms with Gasteiger partial charge in [0.05, 0.1) is 7.11 Å². The van der Waals surface area contributed by atoms with Crippen LogP contribution in [0.3, 0.4) is 0 Å². The van der Waals surface area contributed by atoms with Gasteiger partial charge < -0.3 is 10.1 Å². The van der Waals surface area contributed by atoms with Gasteiger partial charge in [0.2, 0.25) is 5.88 Å². The van der Waals surface area contributed by atoms with Gasteiger partial charge in [-0.25, -0.2) is 19.9 Å². The summed E-state index contributed by atoms with van der Waals surface area (Å²) in [6, 6.07) is 1.72. The van der Waals surface area contributed by atoms with Gasteiger partial charge in [0.15, 0.2) is 5.82 Å². The van der Waals surface area contributed by atoms with Crippen molar-refractivity contribution >= 4 is 5.82 Å². The third kappa shape index (κ3) is 2.78. The van der Waals surface area contributed by atoms with E-state index < -0.39 is 0 Å². The highest BCUT2D eigenvalue weighted by Crippen LogP contribution is 2.21. The van der Waals surface area contributed by atoms with Crippen LogP contribution < -0.4 is 10.1 Å². The molecule has 0 aliphatic rings. The van der Waals surface area contributed by atoms with E-state index in [9.17, 15) is 0 Å². The van der Waals surface area contributed by atoms with Crippen LogP contribution in [0.1, 0.15) is 18.2 Å². The first kappa shape index (κ1) is 13.2. The fourth-order valence-corrected chi connectivity index (χ4v) is 1.66. The number of rotatable bonds is 4. The van der Waals surface area contributed by atoms with Gasteiger partial charge in [-0.05, 0) is 20.8 Å². The highest BCUT2D eigenvalue weighted by atomic mass is 16.5. The maximum atomic E-state index is 5.09. The van der Waals surface area contributed by atoms with Gasteiger partial charge in [-0.15, -0.1) is 0 Å². The molecule has 0 bridgehead atoms. The van der Waals surface area contributed by atoms with E-state index in [4.69, 9.17) is 4.74 Å². The largest absolute Gasteiger partial charge is 0.481 e. The van der Waals surface area contributed by atoms with Crippen molar-refractivity contribution in [1.29, 1.82) is 0 Å². The molecular weight excluding hydrogens is 242 g/mol. The molecule has 2 aromatic heterocycles. The first-order valence-electron chi connectivity index (χ1n) is 6.11. The maximum Gasteiger partial charge on any atom is 0.216 e. The first-order chi connectivity index (χ1) is 9.15. The van der Waals surface area contributed by atoms with Gasteiger partial charge >= 0.3 is 0 Å². The van der Waals surface area contributed by atoms with Crippen LogP contribution in [0, 0.1) is 13.8 Å². The number of anilines is 1. The van der Waals surface area contributed by atoms with Crippen molar-refractivity contribution in [3.63, 3.8) is 0 Å². The molecule has 0 aliphatic carbocycles. The minimum atomic E-state index is 0.497. The maximum absolute atomic E-state index is 5.09. The SMILES string of the molecule is CCNc1nc(-c2cc(OC)ncn2)nc(C)c1C. The van der Waals surface area contributed by atoms with Gasteiger partial charge in [0.25, 0.3) is 0 Å². The molecule has 0 aromatic carbocycles. The van der Waals surface area contributed by atoms with E-state index >= 15 is 0 Å². The van der Waals surface area contributed by atoms with Crippen molar-refractivity contribution in [1.82, 2.24) is 19.9 Å². The topological polar surface area (TPSA) is 72.8 Å². The molecule has 0 saturated heterocycles. The van der Waals surface area contributed by atoms with E-state index in [1.54, 1.807) is 13.2 Å². The summed E-state index contributed by atoms with van der Waals surface area (Å²) in [4.78, 5) is 17.1. The molecule has 6 heteroatoms. The van der Waals surface area contributed by atoms with E-state index in [1.807, 2.05) is 20.8 Å². The first-order valence-corrected chi connectivity index (χ1v) is 6.11. The molecule has 6 nitrogen and oxygen atoms in total. The smallest absolute Gasteiger partial charge is 0.216 e. The van der Waals surface area contributed by atoms with Crippen LogP contribution in [0.5, 0.6) is 5.88 Å². The zero-order valence-electron chi connectivity index (χ0n) is 11.6. The molecule has 0 amide bonds. The van der Waals surface area contributed by atoms with Crippen LogP contribution in [-0.2, 0) is 0 Å². The molecule has 1 N–H and O–H groups in total. The Hall–Kier alpha value is -2.24. The summed E-state index contributed by atoms with van der Waals surface area (Å²) in [7, 11) is 1.57. The number of methoxy groups -OCH3 is 1. The standard InChI is InChI=1S/C13H17N5O/c1-5-14-12-8(2)9(3)17-13(18-12)10-6-11(19-4)16-7-15-10/h6-7H,5H2,1-4H3,(H,14,17,18). The quantitative estimate of drug-likeness (QED) is 0.905. The van der Waals surface area contributed by atoms with Crippen molar-refractivity contribution < 1.29 is 4.74 Å². The molecule has 0 atom stereocenters. The molecule has 2 rings (SSSR count). The summed E-state index contributed by atoms with van der Waals surface area (Å²) < 4.78 is 5.09. The molecule has 0 spiro atoms. The average Bonchev–Trinajstić information content (AvgIpc) is 2.44. The van der Waals surface area contributed by atoms with Crippen molar-refractivity contribution in [3.8, 4) is 17.4 Å². The average molecular weight is 259 g/mol. The fourth-order valence-electron chi connectivity index (χ4n) is 1.66.